The predicted octanol–water partition coefficient (Wildman–Crippen LogP) is 2.24. The van der Waals surface area contributed by atoms with E-state index in [1.807, 2.05) is 12.1 Å². The van der Waals surface area contributed by atoms with Crippen molar-refractivity contribution in [3.8, 4) is 0 Å². The Morgan fingerprint density at radius 2 is 1.75 bits per heavy atom. The van der Waals surface area contributed by atoms with Gasteiger partial charge in [-0.3, -0.25) is 9.80 Å². The zero-order valence-electron chi connectivity index (χ0n) is 12.7. The zero-order chi connectivity index (χ0) is 14.8. The van der Waals surface area contributed by atoms with E-state index >= 15 is 0 Å². The van der Waals surface area contributed by atoms with Crippen molar-refractivity contribution in [2.24, 2.45) is 5.73 Å². The molecule has 0 aromatic heterocycles. The molecule has 1 aliphatic heterocycles. The van der Waals surface area contributed by atoms with Crippen molar-refractivity contribution in [1.82, 2.24) is 9.80 Å². The first-order valence-corrected chi connectivity index (χ1v) is 7.64. The highest BCUT2D eigenvalue weighted by Crippen LogP contribution is 2.18. The highest BCUT2D eigenvalue weighted by Gasteiger charge is 2.25. The maximum atomic E-state index is 5.80. The number of thiocarbonyl (C=S) groups is 1. The predicted molar refractivity (Wildman–Crippen MR) is 88.9 cm³/mol. The van der Waals surface area contributed by atoms with E-state index in [2.05, 4.69) is 42.7 Å². The van der Waals surface area contributed by atoms with Gasteiger partial charge in [0.05, 0.1) is 0 Å². The van der Waals surface area contributed by atoms with Crippen LogP contribution in [0.3, 0.4) is 0 Å². The minimum Gasteiger partial charge on any atom is -0.389 e. The fourth-order valence-corrected chi connectivity index (χ4v) is 2.92. The standard InChI is InChI=1S/C16H25N3S/c1-16(2,3)19-10-8-18(9-11-19)12-13-6-4-5-7-14(13)15(17)20/h4-7H,8-12H2,1-3H3,(H2,17,20). The molecule has 1 aliphatic rings. The molecule has 1 aromatic rings. The van der Waals surface area contributed by atoms with Crippen LogP contribution in [0, 0.1) is 0 Å². The van der Waals surface area contributed by atoms with Gasteiger partial charge < -0.3 is 5.73 Å². The normalized spacial score (nSPS) is 18.1. The third kappa shape index (κ3) is 3.78. The zero-order valence-corrected chi connectivity index (χ0v) is 13.5. The molecule has 1 heterocycles. The van der Waals surface area contributed by atoms with Gasteiger partial charge in [0, 0.05) is 43.8 Å². The topological polar surface area (TPSA) is 32.5 Å². The van der Waals surface area contributed by atoms with Crippen LogP contribution in [0.2, 0.25) is 0 Å². The number of benzene rings is 1. The van der Waals surface area contributed by atoms with Crippen LogP contribution >= 0.6 is 12.2 Å². The van der Waals surface area contributed by atoms with Gasteiger partial charge in [-0.25, -0.2) is 0 Å². The monoisotopic (exact) mass is 291 g/mol. The van der Waals surface area contributed by atoms with Gasteiger partial charge in [0.2, 0.25) is 0 Å². The van der Waals surface area contributed by atoms with Crippen molar-refractivity contribution in [3.05, 3.63) is 35.4 Å². The van der Waals surface area contributed by atoms with E-state index in [-0.39, 0.29) is 5.54 Å². The van der Waals surface area contributed by atoms with Gasteiger partial charge in [-0.1, -0.05) is 36.5 Å². The van der Waals surface area contributed by atoms with Crippen LogP contribution in [-0.4, -0.2) is 46.5 Å². The molecule has 3 nitrogen and oxygen atoms in total. The van der Waals surface area contributed by atoms with Crippen molar-refractivity contribution in [2.75, 3.05) is 26.2 Å². The van der Waals surface area contributed by atoms with Gasteiger partial charge in [0.15, 0.2) is 0 Å². The summed E-state index contributed by atoms with van der Waals surface area (Å²) in [6, 6.07) is 8.20. The van der Waals surface area contributed by atoms with Gasteiger partial charge in [0.1, 0.15) is 4.99 Å². The lowest BCUT2D eigenvalue weighted by Crippen LogP contribution is -2.53. The number of nitrogens with two attached hydrogens (primary N) is 1. The van der Waals surface area contributed by atoms with E-state index in [4.69, 9.17) is 18.0 Å². The molecule has 0 saturated carbocycles. The second-order valence-corrected chi connectivity index (χ2v) is 6.90. The average molecular weight is 291 g/mol. The van der Waals surface area contributed by atoms with Crippen molar-refractivity contribution in [2.45, 2.75) is 32.9 Å². The first kappa shape index (κ1) is 15.4. The Morgan fingerprint density at radius 3 is 2.30 bits per heavy atom. The smallest absolute Gasteiger partial charge is 0.104 e. The SMILES string of the molecule is CC(C)(C)N1CCN(Cc2ccccc2C(N)=S)CC1. The van der Waals surface area contributed by atoms with E-state index < -0.39 is 0 Å². The molecule has 0 amide bonds. The number of hydrogen-bond donors (Lipinski definition) is 1. The Balaban J connectivity index is 1.98. The molecule has 0 unspecified atom stereocenters. The largest absolute Gasteiger partial charge is 0.389 e. The molecule has 1 fully saturated rings. The lowest BCUT2D eigenvalue weighted by molar-refractivity contribution is 0.0591. The van der Waals surface area contributed by atoms with Gasteiger partial charge in [-0.15, -0.1) is 0 Å². The summed E-state index contributed by atoms with van der Waals surface area (Å²) < 4.78 is 0. The average Bonchev–Trinajstić information content (AvgIpc) is 2.38. The van der Waals surface area contributed by atoms with Crippen molar-refractivity contribution >= 4 is 17.2 Å². The van der Waals surface area contributed by atoms with Crippen molar-refractivity contribution in [1.29, 1.82) is 0 Å². The maximum Gasteiger partial charge on any atom is 0.104 e. The highest BCUT2D eigenvalue weighted by molar-refractivity contribution is 7.80. The summed E-state index contributed by atoms with van der Waals surface area (Å²) >= 11 is 5.14. The summed E-state index contributed by atoms with van der Waals surface area (Å²) in [5.74, 6) is 0. The maximum absolute atomic E-state index is 5.80. The molecule has 2 N–H and O–H groups in total. The molecule has 0 bridgehead atoms. The molecule has 20 heavy (non-hydrogen) atoms. The highest BCUT2D eigenvalue weighted by atomic mass is 32.1. The molecule has 4 heteroatoms. The fraction of sp³-hybridized carbons (Fsp3) is 0.562. The van der Waals surface area contributed by atoms with E-state index in [1.165, 1.54) is 5.56 Å². The van der Waals surface area contributed by atoms with Crippen molar-refractivity contribution < 1.29 is 0 Å². The van der Waals surface area contributed by atoms with Gasteiger partial charge in [-0.2, -0.15) is 0 Å². The van der Waals surface area contributed by atoms with Crippen LogP contribution in [-0.2, 0) is 6.54 Å². The third-order valence-electron chi connectivity index (χ3n) is 4.00. The summed E-state index contributed by atoms with van der Waals surface area (Å²) in [6.07, 6.45) is 0. The third-order valence-corrected chi connectivity index (χ3v) is 4.22. The summed E-state index contributed by atoms with van der Waals surface area (Å²) in [5.41, 5.74) is 8.32. The molecular formula is C16H25N3S. The van der Waals surface area contributed by atoms with Crippen LogP contribution in [0.4, 0.5) is 0 Å². The van der Waals surface area contributed by atoms with Crippen LogP contribution < -0.4 is 5.73 Å². The Bertz CT molecular complexity index is 471. The number of hydrogen-bond acceptors (Lipinski definition) is 3. The fourth-order valence-electron chi connectivity index (χ4n) is 2.72. The van der Waals surface area contributed by atoms with Gasteiger partial charge in [-0.05, 0) is 26.3 Å². The summed E-state index contributed by atoms with van der Waals surface area (Å²) in [7, 11) is 0. The second-order valence-electron chi connectivity index (χ2n) is 6.46. The Kier molecular flexibility index (Phi) is 4.78. The van der Waals surface area contributed by atoms with E-state index in [0.29, 0.717) is 4.99 Å². The molecule has 1 saturated heterocycles. The summed E-state index contributed by atoms with van der Waals surface area (Å²) in [5, 5.41) is 0. The second kappa shape index (κ2) is 6.20. The lowest BCUT2D eigenvalue weighted by atomic mass is 10.0. The molecule has 0 atom stereocenters. The Labute approximate surface area is 127 Å². The minimum absolute atomic E-state index is 0.267. The summed E-state index contributed by atoms with van der Waals surface area (Å²) in [6.45, 7) is 12.2. The molecule has 0 radical (unpaired) electrons. The molecular weight excluding hydrogens is 266 g/mol. The first-order valence-electron chi connectivity index (χ1n) is 7.23. The van der Waals surface area contributed by atoms with Crippen LogP contribution in [0.25, 0.3) is 0 Å². The number of piperazine rings is 1. The van der Waals surface area contributed by atoms with E-state index in [0.717, 1.165) is 38.3 Å². The van der Waals surface area contributed by atoms with E-state index in [1.54, 1.807) is 0 Å². The van der Waals surface area contributed by atoms with Gasteiger partial charge in [0.25, 0.3) is 0 Å². The van der Waals surface area contributed by atoms with Crippen LogP contribution in [0.15, 0.2) is 24.3 Å². The Hall–Kier alpha value is -0.970. The molecule has 0 aliphatic carbocycles. The first-order chi connectivity index (χ1) is 9.38. The molecule has 0 spiro atoms. The molecule has 1 aromatic carbocycles. The quantitative estimate of drug-likeness (QED) is 0.866. The minimum atomic E-state index is 0.267. The van der Waals surface area contributed by atoms with Crippen LogP contribution in [0.1, 0.15) is 31.9 Å². The molecule has 110 valence electrons. The molecule has 2 rings (SSSR count). The van der Waals surface area contributed by atoms with Crippen molar-refractivity contribution in [3.63, 3.8) is 0 Å². The number of nitrogens with zero attached hydrogens (tertiary/aromatic N) is 2. The lowest BCUT2D eigenvalue weighted by Gasteiger charge is -2.42. The summed E-state index contributed by atoms with van der Waals surface area (Å²) in [4.78, 5) is 5.52. The number of rotatable bonds is 3. The van der Waals surface area contributed by atoms with E-state index in [9.17, 15) is 0 Å². The Morgan fingerprint density at radius 1 is 1.15 bits per heavy atom. The van der Waals surface area contributed by atoms with Crippen LogP contribution in [0.5, 0.6) is 0 Å². The van der Waals surface area contributed by atoms with Gasteiger partial charge >= 0.3 is 0 Å².